The number of nitrogens with zero attached hydrogens (tertiary/aromatic N) is 5. The quantitative estimate of drug-likeness (QED) is 0.791. The number of anilines is 1. The first kappa shape index (κ1) is 12.7. The maximum Gasteiger partial charge on any atom is 0.203 e. The summed E-state index contributed by atoms with van der Waals surface area (Å²) in [7, 11) is 0. The first-order chi connectivity index (χ1) is 9.16. The summed E-state index contributed by atoms with van der Waals surface area (Å²) in [6.45, 7) is 6.01. The Morgan fingerprint density at radius 3 is 2.74 bits per heavy atom. The number of piperidine rings is 1. The molecule has 3 rings (SSSR count). The lowest BCUT2D eigenvalue weighted by atomic mass is 9.94. The molecule has 1 aliphatic heterocycles. The van der Waals surface area contributed by atoms with Crippen LogP contribution in [0, 0.1) is 12.8 Å². The van der Waals surface area contributed by atoms with Crippen molar-refractivity contribution in [3.8, 4) is 0 Å². The molecule has 1 fully saturated rings. The second-order valence-electron chi connectivity index (χ2n) is 5.19. The molecule has 1 atom stereocenters. The largest absolute Gasteiger partial charge is 0.353 e. The number of halogens is 1. The van der Waals surface area contributed by atoms with E-state index in [0.717, 1.165) is 43.2 Å². The van der Waals surface area contributed by atoms with Crippen LogP contribution < -0.4 is 4.90 Å². The zero-order valence-electron chi connectivity index (χ0n) is 11.3. The first-order valence-electron chi connectivity index (χ1n) is 6.72. The van der Waals surface area contributed by atoms with Crippen molar-refractivity contribution in [1.82, 2.24) is 19.6 Å². The van der Waals surface area contributed by atoms with Gasteiger partial charge in [-0.15, -0.1) is 21.8 Å². The molecule has 2 aromatic heterocycles. The van der Waals surface area contributed by atoms with Crippen LogP contribution in [-0.2, 0) is 0 Å². The summed E-state index contributed by atoms with van der Waals surface area (Å²) in [6, 6.07) is 0. The molecule has 0 spiro atoms. The maximum absolute atomic E-state index is 6.19. The Morgan fingerprint density at radius 1 is 1.32 bits per heavy atom. The average Bonchev–Trinajstić information content (AvgIpc) is 2.81. The highest BCUT2D eigenvalue weighted by Gasteiger charge is 2.25. The molecule has 0 amide bonds. The van der Waals surface area contributed by atoms with Crippen molar-refractivity contribution in [1.29, 1.82) is 0 Å². The van der Waals surface area contributed by atoms with Gasteiger partial charge in [0.25, 0.3) is 0 Å². The Kier molecular flexibility index (Phi) is 3.31. The van der Waals surface area contributed by atoms with Crippen molar-refractivity contribution in [2.45, 2.75) is 32.1 Å². The minimum Gasteiger partial charge on any atom is -0.353 e. The number of alkyl halides is 1. The lowest BCUT2D eigenvalue weighted by Gasteiger charge is -2.33. The molecule has 0 bridgehead atoms. The molecule has 19 heavy (non-hydrogen) atoms. The Labute approximate surface area is 117 Å². The van der Waals surface area contributed by atoms with Crippen molar-refractivity contribution in [2.75, 3.05) is 18.0 Å². The second-order valence-corrected chi connectivity index (χ2v) is 5.88. The fourth-order valence-corrected chi connectivity index (χ4v) is 2.97. The number of aryl methyl sites for hydroxylation is 1. The minimum atomic E-state index is 0.251. The lowest BCUT2D eigenvalue weighted by Crippen LogP contribution is -2.36. The Morgan fingerprint density at radius 2 is 2.05 bits per heavy atom. The molecule has 0 saturated carbocycles. The van der Waals surface area contributed by atoms with Crippen LogP contribution in [0.3, 0.4) is 0 Å². The number of aromatic nitrogens is 4. The van der Waals surface area contributed by atoms with Crippen LogP contribution in [0.2, 0.25) is 0 Å². The zero-order valence-corrected chi connectivity index (χ0v) is 12.0. The van der Waals surface area contributed by atoms with Gasteiger partial charge in [0.1, 0.15) is 5.82 Å². The second kappa shape index (κ2) is 4.96. The third kappa shape index (κ3) is 2.27. The minimum absolute atomic E-state index is 0.251. The molecule has 0 N–H and O–H groups in total. The molecule has 0 aliphatic carbocycles. The Hall–Kier alpha value is -1.36. The van der Waals surface area contributed by atoms with Crippen molar-refractivity contribution in [3.63, 3.8) is 0 Å². The summed E-state index contributed by atoms with van der Waals surface area (Å²) in [5, 5.41) is 8.60. The van der Waals surface area contributed by atoms with Crippen molar-refractivity contribution < 1.29 is 0 Å². The SMILES string of the molecule is Cc1nnc2c(N3CCC(C(C)Cl)CC3)nccn12. The van der Waals surface area contributed by atoms with E-state index in [-0.39, 0.29) is 5.38 Å². The van der Waals surface area contributed by atoms with Crippen molar-refractivity contribution in [3.05, 3.63) is 18.2 Å². The fourth-order valence-electron chi connectivity index (χ4n) is 2.72. The monoisotopic (exact) mass is 279 g/mol. The lowest BCUT2D eigenvalue weighted by molar-refractivity contribution is 0.399. The van der Waals surface area contributed by atoms with Crippen LogP contribution in [0.15, 0.2) is 12.4 Å². The van der Waals surface area contributed by atoms with Gasteiger partial charge >= 0.3 is 0 Å². The predicted octanol–water partition coefficient (Wildman–Crippen LogP) is 2.28. The van der Waals surface area contributed by atoms with E-state index in [0.29, 0.717) is 5.92 Å². The van der Waals surface area contributed by atoms with Crippen LogP contribution in [0.25, 0.3) is 5.65 Å². The molecule has 5 nitrogen and oxygen atoms in total. The van der Waals surface area contributed by atoms with Gasteiger partial charge in [-0.25, -0.2) is 4.98 Å². The summed E-state index contributed by atoms with van der Waals surface area (Å²) in [5.41, 5.74) is 0.845. The van der Waals surface area contributed by atoms with Crippen LogP contribution in [-0.4, -0.2) is 38.0 Å². The van der Waals surface area contributed by atoms with Crippen LogP contribution in [0.1, 0.15) is 25.6 Å². The molecule has 6 heteroatoms. The predicted molar refractivity (Wildman–Crippen MR) is 75.8 cm³/mol. The van der Waals surface area contributed by atoms with Crippen molar-refractivity contribution in [2.24, 2.45) is 5.92 Å². The Bertz CT molecular complexity index is 571. The molecule has 102 valence electrons. The highest BCUT2D eigenvalue weighted by molar-refractivity contribution is 6.20. The fraction of sp³-hybridized carbons (Fsp3) is 0.615. The molecule has 0 aromatic carbocycles. The summed E-state index contributed by atoms with van der Waals surface area (Å²) in [6.07, 6.45) is 5.94. The zero-order chi connectivity index (χ0) is 13.4. The van der Waals surface area contributed by atoms with E-state index < -0.39 is 0 Å². The first-order valence-corrected chi connectivity index (χ1v) is 7.16. The van der Waals surface area contributed by atoms with E-state index in [1.165, 1.54) is 0 Å². The van der Waals surface area contributed by atoms with Crippen LogP contribution in [0.4, 0.5) is 5.82 Å². The normalized spacial score (nSPS) is 19.0. The summed E-state index contributed by atoms with van der Waals surface area (Å²) < 4.78 is 1.98. The van der Waals surface area contributed by atoms with Gasteiger partial charge in [-0.1, -0.05) is 0 Å². The number of hydrogen-bond donors (Lipinski definition) is 0. The van der Waals surface area contributed by atoms with E-state index >= 15 is 0 Å². The molecule has 1 aliphatic rings. The van der Waals surface area contributed by atoms with E-state index in [4.69, 9.17) is 11.6 Å². The van der Waals surface area contributed by atoms with E-state index in [1.807, 2.05) is 23.7 Å². The molecular weight excluding hydrogens is 262 g/mol. The van der Waals surface area contributed by atoms with E-state index in [1.54, 1.807) is 0 Å². The number of rotatable bonds is 2. The molecular formula is C13H18ClN5. The molecule has 3 heterocycles. The van der Waals surface area contributed by atoms with Gasteiger partial charge in [-0.2, -0.15) is 0 Å². The number of hydrogen-bond acceptors (Lipinski definition) is 4. The summed E-state index contributed by atoms with van der Waals surface area (Å²) in [4.78, 5) is 6.77. The van der Waals surface area contributed by atoms with Gasteiger partial charge in [0.15, 0.2) is 5.82 Å². The van der Waals surface area contributed by atoms with Crippen LogP contribution >= 0.6 is 11.6 Å². The average molecular weight is 280 g/mol. The standard InChI is InChI=1S/C13H18ClN5/c1-9(14)11-3-6-18(7-4-11)12-13-17-16-10(2)19(13)8-5-15-12/h5,8-9,11H,3-4,6-7H2,1-2H3. The highest BCUT2D eigenvalue weighted by atomic mass is 35.5. The van der Waals surface area contributed by atoms with Gasteiger partial charge < -0.3 is 4.90 Å². The van der Waals surface area contributed by atoms with Gasteiger partial charge in [0.2, 0.25) is 5.65 Å². The highest BCUT2D eigenvalue weighted by Crippen LogP contribution is 2.27. The van der Waals surface area contributed by atoms with Gasteiger partial charge in [-0.3, -0.25) is 4.40 Å². The molecule has 0 radical (unpaired) electrons. The van der Waals surface area contributed by atoms with Gasteiger partial charge in [0.05, 0.1) is 0 Å². The van der Waals surface area contributed by atoms with Crippen molar-refractivity contribution >= 4 is 23.1 Å². The van der Waals surface area contributed by atoms with Crippen LogP contribution in [0.5, 0.6) is 0 Å². The summed E-state index contributed by atoms with van der Waals surface area (Å²) in [5.74, 6) is 2.43. The third-order valence-corrected chi connectivity index (χ3v) is 4.32. The Balaban J connectivity index is 1.86. The smallest absolute Gasteiger partial charge is 0.203 e. The summed E-state index contributed by atoms with van der Waals surface area (Å²) >= 11 is 6.19. The van der Waals surface area contributed by atoms with E-state index in [2.05, 4.69) is 27.0 Å². The molecule has 2 aromatic rings. The maximum atomic E-state index is 6.19. The van der Waals surface area contributed by atoms with Gasteiger partial charge in [-0.05, 0) is 32.6 Å². The third-order valence-electron chi connectivity index (χ3n) is 3.97. The van der Waals surface area contributed by atoms with Gasteiger partial charge in [0, 0.05) is 30.9 Å². The molecule has 1 saturated heterocycles. The van der Waals surface area contributed by atoms with E-state index in [9.17, 15) is 0 Å². The molecule has 1 unspecified atom stereocenters. The number of fused-ring (bicyclic) bond motifs is 1. The topological polar surface area (TPSA) is 46.3 Å².